The molecular weight excluding hydrogens is 500 g/mol. The van der Waals surface area contributed by atoms with Crippen LogP contribution in [0.2, 0.25) is 0 Å². The van der Waals surface area contributed by atoms with Crippen LogP contribution < -0.4 is 25.0 Å². The average Bonchev–Trinajstić information content (AvgIpc) is 2.95. The summed E-state index contributed by atoms with van der Waals surface area (Å²) in [5, 5.41) is 16.0. The zero-order valence-electron chi connectivity index (χ0n) is 22.8. The molecule has 2 aromatic carbocycles. The van der Waals surface area contributed by atoms with Crippen molar-refractivity contribution in [3.63, 3.8) is 0 Å². The van der Waals surface area contributed by atoms with Gasteiger partial charge in [0.05, 0.1) is 19.9 Å². The summed E-state index contributed by atoms with van der Waals surface area (Å²) >= 11 is 0. The van der Waals surface area contributed by atoms with Crippen molar-refractivity contribution in [2.45, 2.75) is 26.7 Å². The number of hydrogen-bond donors (Lipinski definition) is 3. The van der Waals surface area contributed by atoms with Gasteiger partial charge in [-0.1, -0.05) is 19.9 Å². The first-order valence-electron chi connectivity index (χ1n) is 12.9. The number of nitrogens with one attached hydrogen (secondary N) is 2. The smallest absolute Gasteiger partial charge is 0.417 e. The molecule has 1 heterocycles. The molecule has 0 aliphatic rings. The number of methoxy groups -OCH3 is 2. The van der Waals surface area contributed by atoms with Crippen LogP contribution >= 0.6 is 0 Å². The summed E-state index contributed by atoms with van der Waals surface area (Å²) in [7, 11) is 2.96. The van der Waals surface area contributed by atoms with Crippen molar-refractivity contribution in [2.75, 3.05) is 50.6 Å². The molecule has 11 heteroatoms. The van der Waals surface area contributed by atoms with Gasteiger partial charge in [-0.15, -0.1) is 0 Å². The zero-order chi connectivity index (χ0) is 28.2. The van der Waals surface area contributed by atoms with Gasteiger partial charge in [0.1, 0.15) is 17.3 Å². The minimum atomic E-state index is -1.25. The molecule has 1 aromatic heterocycles. The van der Waals surface area contributed by atoms with Crippen molar-refractivity contribution in [3.05, 3.63) is 60.3 Å². The van der Waals surface area contributed by atoms with E-state index in [-0.39, 0.29) is 23.4 Å². The van der Waals surface area contributed by atoms with Gasteiger partial charge in [-0.25, -0.2) is 14.7 Å². The van der Waals surface area contributed by atoms with E-state index in [1.165, 1.54) is 26.5 Å². The van der Waals surface area contributed by atoms with Crippen molar-refractivity contribution in [1.29, 1.82) is 0 Å². The number of anilines is 4. The highest BCUT2D eigenvalue weighted by molar-refractivity contribution is 5.96. The first-order chi connectivity index (χ1) is 18.9. The Balaban J connectivity index is 1.70. The summed E-state index contributed by atoms with van der Waals surface area (Å²) < 4.78 is 10.6. The van der Waals surface area contributed by atoms with E-state index in [0.717, 1.165) is 37.4 Å². The summed E-state index contributed by atoms with van der Waals surface area (Å²) in [6.07, 6.45) is 2.12. The van der Waals surface area contributed by atoms with Crippen LogP contribution in [0.5, 0.6) is 11.5 Å². The zero-order valence-corrected chi connectivity index (χ0v) is 22.8. The maximum Gasteiger partial charge on any atom is 0.417 e. The summed E-state index contributed by atoms with van der Waals surface area (Å²) in [6.45, 7) is 7.97. The molecule has 208 valence electrons. The van der Waals surface area contributed by atoms with E-state index in [4.69, 9.17) is 9.47 Å². The van der Waals surface area contributed by atoms with E-state index in [0.29, 0.717) is 29.3 Å². The Kier molecular flexibility index (Phi) is 10.9. The Morgan fingerprint density at radius 2 is 1.79 bits per heavy atom. The second-order valence-corrected chi connectivity index (χ2v) is 8.59. The number of unbranched alkanes of at least 4 members (excludes halogenated alkanes) is 1. The fraction of sp³-hybridized carbons (Fsp3) is 0.357. The molecule has 0 radical (unpaired) electrons. The maximum atomic E-state index is 12.7. The fourth-order valence-electron chi connectivity index (χ4n) is 4.00. The molecule has 3 aromatic rings. The molecule has 3 N–H and O–H groups in total. The Morgan fingerprint density at radius 3 is 2.49 bits per heavy atom. The second kappa shape index (κ2) is 14.5. The number of carbonyl (C=O) groups excluding carboxylic acids is 1. The highest BCUT2D eigenvalue weighted by Crippen LogP contribution is 2.36. The fourth-order valence-corrected chi connectivity index (χ4v) is 4.00. The van der Waals surface area contributed by atoms with E-state index < -0.39 is 6.09 Å². The second-order valence-electron chi connectivity index (χ2n) is 8.59. The third-order valence-corrected chi connectivity index (χ3v) is 6.15. The average molecular weight is 537 g/mol. The Labute approximate surface area is 228 Å². The number of carbonyl (C=O) groups is 2. The van der Waals surface area contributed by atoms with Gasteiger partial charge in [0, 0.05) is 36.1 Å². The predicted molar refractivity (Wildman–Crippen MR) is 151 cm³/mol. The standard InChI is InChI=1S/C28H36N6O5/c1-5-33(6-2)17-8-7-15-29-26(35)20-10-9-11-21(18-20)31-27-30-16-14-25(32-27)34(28(36)37)23-13-12-22(38-3)19-24(23)39-4/h9-14,16,18-19H,5-8,15,17H2,1-4H3,(H,29,35)(H,36,37)(H,30,31,32). The van der Waals surface area contributed by atoms with E-state index in [1.807, 2.05) is 0 Å². The summed E-state index contributed by atoms with van der Waals surface area (Å²) in [4.78, 5) is 36.8. The van der Waals surface area contributed by atoms with Crippen LogP contribution in [0.3, 0.4) is 0 Å². The van der Waals surface area contributed by atoms with Crippen LogP contribution in [-0.4, -0.2) is 72.4 Å². The predicted octanol–water partition coefficient (Wildman–Crippen LogP) is 4.91. The lowest BCUT2D eigenvalue weighted by Crippen LogP contribution is -2.27. The molecule has 11 nitrogen and oxygen atoms in total. The molecule has 0 saturated carbocycles. The van der Waals surface area contributed by atoms with E-state index >= 15 is 0 Å². The minimum Gasteiger partial charge on any atom is -0.497 e. The van der Waals surface area contributed by atoms with E-state index in [9.17, 15) is 14.7 Å². The Hall–Kier alpha value is -4.38. The normalized spacial score (nSPS) is 10.7. The van der Waals surface area contributed by atoms with Crippen molar-refractivity contribution in [3.8, 4) is 11.5 Å². The number of nitrogens with zero attached hydrogens (tertiary/aromatic N) is 4. The summed E-state index contributed by atoms with van der Waals surface area (Å²) in [5.41, 5.74) is 1.35. The van der Waals surface area contributed by atoms with E-state index in [2.05, 4.69) is 39.3 Å². The SMILES string of the molecule is CCN(CC)CCCCNC(=O)c1cccc(Nc2nccc(N(C(=O)O)c3ccc(OC)cc3OC)n2)c1. The van der Waals surface area contributed by atoms with Crippen molar-refractivity contribution in [2.24, 2.45) is 0 Å². The number of carboxylic acid groups (broad SMARTS) is 1. The molecule has 3 rings (SSSR count). The van der Waals surface area contributed by atoms with Crippen LogP contribution in [0, 0.1) is 0 Å². The molecule has 0 bridgehead atoms. The minimum absolute atomic E-state index is 0.113. The molecule has 39 heavy (non-hydrogen) atoms. The van der Waals surface area contributed by atoms with Gasteiger partial charge >= 0.3 is 6.09 Å². The van der Waals surface area contributed by atoms with Crippen LogP contribution in [0.1, 0.15) is 37.0 Å². The highest BCUT2D eigenvalue weighted by atomic mass is 16.5. The first kappa shape index (κ1) is 29.2. The number of hydrogen-bond acceptors (Lipinski definition) is 8. The van der Waals surface area contributed by atoms with Gasteiger partial charge in [0.25, 0.3) is 5.91 Å². The monoisotopic (exact) mass is 536 g/mol. The quantitative estimate of drug-likeness (QED) is 0.246. The molecule has 0 saturated heterocycles. The summed E-state index contributed by atoms with van der Waals surface area (Å²) in [6, 6.07) is 13.2. The van der Waals surface area contributed by atoms with Gasteiger partial charge < -0.3 is 30.1 Å². The van der Waals surface area contributed by atoms with Crippen LogP contribution in [0.25, 0.3) is 0 Å². The Morgan fingerprint density at radius 1 is 1.00 bits per heavy atom. The van der Waals surface area contributed by atoms with Gasteiger partial charge in [0.2, 0.25) is 5.95 Å². The molecule has 0 spiro atoms. The topological polar surface area (TPSA) is 129 Å². The van der Waals surface area contributed by atoms with Crippen molar-refractivity contribution >= 4 is 35.1 Å². The van der Waals surface area contributed by atoms with Gasteiger partial charge in [-0.05, 0) is 62.8 Å². The van der Waals surface area contributed by atoms with Crippen molar-refractivity contribution < 1.29 is 24.2 Å². The van der Waals surface area contributed by atoms with E-state index in [1.54, 1.807) is 42.5 Å². The maximum absolute atomic E-state index is 12.7. The Bertz CT molecular complexity index is 1250. The lowest BCUT2D eigenvalue weighted by Gasteiger charge is -2.21. The van der Waals surface area contributed by atoms with Gasteiger partial charge in [-0.2, -0.15) is 4.98 Å². The van der Waals surface area contributed by atoms with Crippen LogP contribution in [0.15, 0.2) is 54.7 Å². The molecule has 2 amide bonds. The van der Waals surface area contributed by atoms with Gasteiger partial charge in [0.15, 0.2) is 0 Å². The van der Waals surface area contributed by atoms with Crippen LogP contribution in [-0.2, 0) is 0 Å². The number of amides is 2. The molecule has 0 fully saturated rings. The van der Waals surface area contributed by atoms with Crippen LogP contribution in [0.4, 0.5) is 27.9 Å². The van der Waals surface area contributed by atoms with Crippen molar-refractivity contribution in [1.82, 2.24) is 20.2 Å². The molecule has 0 atom stereocenters. The molecule has 0 aliphatic carbocycles. The molecule has 0 unspecified atom stereocenters. The lowest BCUT2D eigenvalue weighted by molar-refractivity contribution is 0.0952. The number of ether oxygens (including phenoxy) is 2. The summed E-state index contributed by atoms with van der Waals surface area (Å²) in [5.74, 6) is 0.938. The number of rotatable bonds is 14. The number of benzene rings is 2. The lowest BCUT2D eigenvalue weighted by atomic mass is 10.2. The van der Waals surface area contributed by atoms with Gasteiger partial charge in [-0.3, -0.25) is 4.79 Å². The largest absolute Gasteiger partial charge is 0.497 e. The molecular formula is C28H36N6O5. The third-order valence-electron chi connectivity index (χ3n) is 6.15. The third kappa shape index (κ3) is 8.05. The molecule has 0 aliphatic heterocycles. The first-order valence-corrected chi connectivity index (χ1v) is 12.9. The number of aromatic nitrogens is 2. The highest BCUT2D eigenvalue weighted by Gasteiger charge is 2.23.